The van der Waals surface area contributed by atoms with Crippen LogP contribution in [0.4, 0.5) is 0 Å². The summed E-state index contributed by atoms with van der Waals surface area (Å²) in [5, 5.41) is 1.50. The molecule has 0 spiro atoms. The van der Waals surface area contributed by atoms with E-state index in [1.54, 1.807) is 40.9 Å². The summed E-state index contributed by atoms with van der Waals surface area (Å²) in [5.74, 6) is 0.664. The normalized spacial score (nSPS) is 17.7. The molecule has 0 bridgehead atoms. The topological polar surface area (TPSA) is 50.5 Å². The molecule has 1 aromatic heterocycles. The van der Waals surface area contributed by atoms with Gasteiger partial charge >= 0.3 is 0 Å². The Morgan fingerprint density at radius 3 is 2.74 bits per heavy atom. The second-order valence-electron chi connectivity index (χ2n) is 6.43. The number of para-hydroxylation sites is 1. The maximum absolute atomic E-state index is 12.9. The summed E-state index contributed by atoms with van der Waals surface area (Å²) in [4.78, 5) is 27.0. The average molecular weight is 400 g/mol. The minimum absolute atomic E-state index is 0.0971. The molecule has 0 radical (unpaired) electrons. The van der Waals surface area contributed by atoms with E-state index < -0.39 is 0 Å². The van der Waals surface area contributed by atoms with Gasteiger partial charge in [0.2, 0.25) is 0 Å². The lowest BCUT2D eigenvalue weighted by molar-refractivity contribution is 0.0735. The predicted octanol–water partition coefficient (Wildman–Crippen LogP) is 4.77. The summed E-state index contributed by atoms with van der Waals surface area (Å²) in [6.45, 7) is 1.21. The van der Waals surface area contributed by atoms with Crippen LogP contribution in [-0.4, -0.2) is 29.6 Å². The summed E-state index contributed by atoms with van der Waals surface area (Å²) >= 11 is 8.14. The van der Waals surface area contributed by atoms with Crippen molar-refractivity contribution in [2.75, 3.05) is 18.8 Å². The van der Waals surface area contributed by atoms with Gasteiger partial charge in [-0.25, -0.2) is 0 Å². The molecule has 1 aliphatic heterocycles. The lowest BCUT2D eigenvalue weighted by Gasteiger charge is -2.20. The molecule has 1 aliphatic rings. The highest BCUT2D eigenvalue weighted by atomic mass is 35.5. The van der Waals surface area contributed by atoms with Gasteiger partial charge in [0.1, 0.15) is 5.58 Å². The molecule has 0 unspecified atom stereocenters. The summed E-state index contributed by atoms with van der Waals surface area (Å²) in [6.07, 6.45) is 0.804. The summed E-state index contributed by atoms with van der Waals surface area (Å²) < 4.78 is 5.71. The van der Waals surface area contributed by atoms with Gasteiger partial charge in [0.25, 0.3) is 5.91 Å². The van der Waals surface area contributed by atoms with Gasteiger partial charge in [0, 0.05) is 35.2 Å². The Labute approximate surface area is 166 Å². The third-order valence-electron chi connectivity index (χ3n) is 4.73. The van der Waals surface area contributed by atoms with Crippen LogP contribution >= 0.6 is 23.4 Å². The summed E-state index contributed by atoms with van der Waals surface area (Å²) in [7, 11) is 0. The number of carbonyl (C=O) groups is 1. The van der Waals surface area contributed by atoms with Crippen molar-refractivity contribution in [3.05, 3.63) is 81.2 Å². The Balaban J connectivity index is 1.55. The third-order valence-corrected chi connectivity index (χ3v) is 6.38. The molecule has 0 saturated carbocycles. The molecule has 2 heterocycles. The van der Waals surface area contributed by atoms with Crippen LogP contribution < -0.4 is 5.43 Å². The van der Waals surface area contributed by atoms with E-state index in [9.17, 15) is 9.59 Å². The number of thioether (sulfide) groups is 1. The van der Waals surface area contributed by atoms with E-state index in [4.69, 9.17) is 16.0 Å². The Bertz CT molecular complexity index is 1050. The second kappa shape index (κ2) is 7.79. The third kappa shape index (κ3) is 3.75. The highest BCUT2D eigenvalue weighted by molar-refractivity contribution is 7.99. The first-order chi connectivity index (χ1) is 13.1. The molecule has 4 nitrogen and oxygen atoms in total. The van der Waals surface area contributed by atoms with Crippen LogP contribution in [0.1, 0.15) is 27.8 Å². The number of halogens is 1. The first-order valence-electron chi connectivity index (χ1n) is 8.81. The second-order valence-corrected chi connectivity index (χ2v) is 8.15. The van der Waals surface area contributed by atoms with Gasteiger partial charge in [-0.05, 0) is 30.2 Å². The lowest BCUT2D eigenvalue weighted by Crippen LogP contribution is -2.33. The van der Waals surface area contributed by atoms with Crippen LogP contribution in [0.3, 0.4) is 0 Å². The monoisotopic (exact) mass is 399 g/mol. The van der Waals surface area contributed by atoms with Crippen molar-refractivity contribution >= 4 is 40.2 Å². The molecule has 138 valence electrons. The molecule has 0 aliphatic carbocycles. The van der Waals surface area contributed by atoms with Gasteiger partial charge in [-0.1, -0.05) is 41.9 Å². The number of hydrogen-bond donors (Lipinski definition) is 0. The highest BCUT2D eigenvalue weighted by Gasteiger charge is 2.25. The fourth-order valence-electron chi connectivity index (χ4n) is 3.32. The molecule has 1 amide bonds. The molecule has 2 aromatic carbocycles. The number of hydrogen-bond acceptors (Lipinski definition) is 4. The SMILES string of the molecule is O=C(c1cc(=O)c2ccccc2o1)N1CCS[C@@H](c2ccccc2Cl)CC1. The van der Waals surface area contributed by atoms with Crippen LogP contribution in [0.15, 0.2) is 63.8 Å². The first kappa shape index (κ1) is 18.1. The molecule has 3 aromatic rings. The van der Waals surface area contributed by atoms with Crippen LogP contribution in [0.25, 0.3) is 11.0 Å². The van der Waals surface area contributed by atoms with Crippen molar-refractivity contribution in [2.24, 2.45) is 0 Å². The van der Waals surface area contributed by atoms with E-state index in [1.807, 2.05) is 24.3 Å². The molecule has 1 fully saturated rings. The smallest absolute Gasteiger partial charge is 0.289 e. The molecule has 6 heteroatoms. The van der Waals surface area contributed by atoms with E-state index in [-0.39, 0.29) is 22.3 Å². The van der Waals surface area contributed by atoms with E-state index in [2.05, 4.69) is 0 Å². The number of nitrogens with zero attached hydrogens (tertiary/aromatic N) is 1. The molecular formula is C21H18ClNO3S. The summed E-state index contributed by atoms with van der Waals surface area (Å²) in [5.41, 5.74) is 1.35. The van der Waals surface area contributed by atoms with Gasteiger partial charge in [0.05, 0.1) is 5.39 Å². The average Bonchev–Trinajstić information content (AvgIpc) is 2.94. The van der Waals surface area contributed by atoms with Gasteiger partial charge in [-0.15, -0.1) is 0 Å². The predicted molar refractivity (Wildman–Crippen MR) is 110 cm³/mol. The molecule has 27 heavy (non-hydrogen) atoms. The van der Waals surface area contributed by atoms with E-state index in [0.717, 1.165) is 22.8 Å². The first-order valence-corrected chi connectivity index (χ1v) is 10.2. The quantitative estimate of drug-likeness (QED) is 0.623. The molecule has 1 saturated heterocycles. The van der Waals surface area contributed by atoms with Crippen molar-refractivity contribution in [3.63, 3.8) is 0 Å². The largest absolute Gasteiger partial charge is 0.451 e. The Hall–Kier alpha value is -2.24. The van der Waals surface area contributed by atoms with Crippen molar-refractivity contribution in [2.45, 2.75) is 11.7 Å². The van der Waals surface area contributed by atoms with Crippen molar-refractivity contribution in [1.29, 1.82) is 0 Å². The number of fused-ring (bicyclic) bond motifs is 1. The van der Waals surface area contributed by atoms with Crippen LogP contribution in [0, 0.1) is 0 Å². The minimum Gasteiger partial charge on any atom is -0.451 e. The lowest BCUT2D eigenvalue weighted by atomic mass is 10.1. The Morgan fingerprint density at radius 1 is 1.11 bits per heavy atom. The minimum atomic E-state index is -0.238. The van der Waals surface area contributed by atoms with Crippen molar-refractivity contribution in [3.8, 4) is 0 Å². The van der Waals surface area contributed by atoms with Gasteiger partial charge in [0.15, 0.2) is 11.2 Å². The van der Waals surface area contributed by atoms with Gasteiger partial charge < -0.3 is 9.32 Å². The standard InChI is InChI=1S/C21H18ClNO3S/c22-16-7-3-1-5-14(16)20-9-10-23(11-12-27-20)21(25)19-13-17(24)15-6-2-4-8-18(15)26-19/h1-8,13,20H,9-12H2/t20-/m1/s1. The highest BCUT2D eigenvalue weighted by Crippen LogP contribution is 2.38. The molecular weight excluding hydrogens is 382 g/mol. The number of amides is 1. The maximum atomic E-state index is 12.9. The zero-order valence-corrected chi connectivity index (χ0v) is 16.1. The molecule has 4 rings (SSSR count). The molecule has 1 atom stereocenters. The van der Waals surface area contributed by atoms with E-state index in [0.29, 0.717) is 24.1 Å². The zero-order chi connectivity index (χ0) is 18.8. The zero-order valence-electron chi connectivity index (χ0n) is 14.6. The van der Waals surface area contributed by atoms with Gasteiger partial charge in [-0.3, -0.25) is 9.59 Å². The summed E-state index contributed by atoms with van der Waals surface area (Å²) in [6, 6.07) is 16.1. The van der Waals surface area contributed by atoms with Crippen molar-refractivity contribution < 1.29 is 9.21 Å². The number of rotatable bonds is 2. The fourth-order valence-corrected chi connectivity index (χ4v) is 4.92. The Kier molecular flexibility index (Phi) is 5.23. The van der Waals surface area contributed by atoms with Crippen molar-refractivity contribution in [1.82, 2.24) is 4.90 Å². The fraction of sp³-hybridized carbons (Fsp3) is 0.238. The van der Waals surface area contributed by atoms with Gasteiger partial charge in [-0.2, -0.15) is 11.8 Å². The van der Waals surface area contributed by atoms with Crippen LogP contribution in [0.5, 0.6) is 0 Å². The number of carbonyl (C=O) groups excluding carboxylic acids is 1. The van der Waals surface area contributed by atoms with E-state index in [1.165, 1.54) is 6.07 Å². The number of benzene rings is 2. The maximum Gasteiger partial charge on any atom is 0.289 e. The van der Waals surface area contributed by atoms with Crippen LogP contribution in [-0.2, 0) is 0 Å². The van der Waals surface area contributed by atoms with E-state index >= 15 is 0 Å². The molecule has 0 N–H and O–H groups in total. The Morgan fingerprint density at radius 2 is 1.89 bits per heavy atom. The van der Waals surface area contributed by atoms with Crippen LogP contribution in [0.2, 0.25) is 5.02 Å².